The number of nitrogens with one attached hydrogen (secondary N) is 2. The minimum atomic E-state index is -3.67. The first kappa shape index (κ1) is 12.0. The van der Waals surface area contributed by atoms with Crippen molar-refractivity contribution in [2.75, 3.05) is 6.61 Å². The molecule has 0 aliphatic carbocycles. The van der Waals surface area contributed by atoms with Gasteiger partial charge in [-0.2, -0.15) is 0 Å². The lowest BCUT2D eigenvalue weighted by Gasteiger charge is -2.06. The highest BCUT2D eigenvalue weighted by atomic mass is 32.2. The minimum Gasteiger partial charge on any atom is -0.449 e. The zero-order chi connectivity index (χ0) is 11.3. The molecule has 0 unspecified atom stereocenters. The zero-order valence-corrected chi connectivity index (χ0v) is 9.52. The first-order valence-corrected chi connectivity index (χ1v) is 6.40. The van der Waals surface area contributed by atoms with Crippen LogP contribution in [0.1, 0.15) is 6.92 Å². The molecule has 15 heavy (non-hydrogen) atoms. The van der Waals surface area contributed by atoms with Crippen molar-refractivity contribution in [3.05, 3.63) is 17.5 Å². The van der Waals surface area contributed by atoms with Crippen LogP contribution in [0.2, 0.25) is 0 Å². The van der Waals surface area contributed by atoms with E-state index in [9.17, 15) is 13.2 Å². The fourth-order valence-electron chi connectivity index (χ4n) is 0.743. The number of rotatable bonds is 4. The fraction of sp³-hybridized carbons (Fsp3) is 0.286. The fourth-order valence-corrected chi connectivity index (χ4v) is 2.57. The third kappa shape index (κ3) is 3.50. The van der Waals surface area contributed by atoms with Gasteiger partial charge in [-0.05, 0) is 18.4 Å². The Morgan fingerprint density at radius 1 is 1.60 bits per heavy atom. The Labute approximate surface area is 91.3 Å². The SMILES string of the molecule is CCOC(=O)NNS(=O)(=O)c1cccs1. The minimum absolute atomic E-state index is 0.124. The summed E-state index contributed by atoms with van der Waals surface area (Å²) in [5.41, 5.74) is 1.92. The smallest absolute Gasteiger partial charge is 0.422 e. The van der Waals surface area contributed by atoms with Gasteiger partial charge in [0.1, 0.15) is 4.21 Å². The Morgan fingerprint density at radius 2 is 2.33 bits per heavy atom. The molecule has 0 spiro atoms. The molecule has 0 saturated carbocycles. The van der Waals surface area contributed by atoms with Gasteiger partial charge < -0.3 is 4.74 Å². The topological polar surface area (TPSA) is 84.5 Å². The maximum atomic E-state index is 11.4. The first-order valence-electron chi connectivity index (χ1n) is 4.04. The normalized spacial score (nSPS) is 11.0. The summed E-state index contributed by atoms with van der Waals surface area (Å²) in [5, 5.41) is 1.62. The van der Waals surface area contributed by atoms with E-state index in [0.29, 0.717) is 0 Å². The molecule has 0 aromatic carbocycles. The van der Waals surface area contributed by atoms with Crippen molar-refractivity contribution in [3.8, 4) is 0 Å². The monoisotopic (exact) mass is 250 g/mol. The molecule has 0 atom stereocenters. The number of amides is 1. The van der Waals surface area contributed by atoms with Crippen molar-refractivity contribution in [2.45, 2.75) is 11.1 Å². The van der Waals surface area contributed by atoms with Crippen LogP contribution < -0.4 is 10.3 Å². The summed E-state index contributed by atoms with van der Waals surface area (Å²) < 4.78 is 27.5. The molecule has 1 aromatic rings. The van der Waals surface area contributed by atoms with E-state index >= 15 is 0 Å². The predicted octanol–water partition coefficient (Wildman–Crippen LogP) is 0.687. The van der Waals surface area contributed by atoms with Crippen LogP contribution in [-0.4, -0.2) is 21.1 Å². The van der Waals surface area contributed by atoms with Gasteiger partial charge in [-0.15, -0.1) is 16.2 Å². The Morgan fingerprint density at radius 3 is 2.87 bits per heavy atom. The second-order valence-electron chi connectivity index (χ2n) is 2.38. The quantitative estimate of drug-likeness (QED) is 0.770. The van der Waals surface area contributed by atoms with Crippen molar-refractivity contribution >= 4 is 27.5 Å². The molecule has 1 amide bonds. The third-order valence-electron chi connectivity index (χ3n) is 1.32. The largest absolute Gasteiger partial charge is 0.449 e. The number of thiophene rings is 1. The molecule has 1 aromatic heterocycles. The van der Waals surface area contributed by atoms with Crippen molar-refractivity contribution in [1.29, 1.82) is 0 Å². The van der Waals surface area contributed by atoms with Crippen molar-refractivity contribution < 1.29 is 17.9 Å². The molecule has 0 saturated heterocycles. The summed E-state index contributed by atoms with van der Waals surface area (Å²) in [6.45, 7) is 1.79. The Balaban J connectivity index is 2.55. The highest BCUT2D eigenvalue weighted by molar-refractivity contribution is 7.91. The van der Waals surface area contributed by atoms with E-state index < -0.39 is 16.1 Å². The van der Waals surface area contributed by atoms with Crippen LogP contribution in [0.5, 0.6) is 0 Å². The number of sulfonamides is 1. The van der Waals surface area contributed by atoms with E-state index in [0.717, 1.165) is 11.3 Å². The lowest BCUT2D eigenvalue weighted by Crippen LogP contribution is -2.41. The summed E-state index contributed by atoms with van der Waals surface area (Å²) in [6, 6.07) is 3.03. The van der Waals surface area contributed by atoms with Crippen molar-refractivity contribution in [1.82, 2.24) is 10.3 Å². The van der Waals surface area contributed by atoms with Crippen LogP contribution >= 0.6 is 11.3 Å². The van der Waals surface area contributed by atoms with Gasteiger partial charge in [0.2, 0.25) is 0 Å². The predicted molar refractivity (Wildman–Crippen MR) is 54.8 cm³/mol. The van der Waals surface area contributed by atoms with Gasteiger partial charge in [-0.3, -0.25) is 0 Å². The summed E-state index contributed by atoms with van der Waals surface area (Å²) in [7, 11) is -3.67. The lowest BCUT2D eigenvalue weighted by atomic mass is 10.7. The second kappa shape index (κ2) is 5.10. The maximum absolute atomic E-state index is 11.4. The van der Waals surface area contributed by atoms with Crippen LogP contribution in [0, 0.1) is 0 Å². The molecule has 8 heteroatoms. The molecule has 0 bridgehead atoms. The molecule has 0 aliphatic rings. The molecule has 2 N–H and O–H groups in total. The summed E-state index contributed by atoms with van der Waals surface area (Å²) in [4.78, 5) is 12.7. The molecule has 1 heterocycles. The van der Waals surface area contributed by atoms with E-state index in [1.165, 1.54) is 6.07 Å². The van der Waals surface area contributed by atoms with Crippen LogP contribution in [-0.2, 0) is 14.8 Å². The number of ether oxygens (including phenoxy) is 1. The molecular formula is C7H10N2O4S2. The number of hydrazine groups is 1. The first-order chi connectivity index (χ1) is 7.06. The highest BCUT2D eigenvalue weighted by Gasteiger charge is 2.15. The average molecular weight is 250 g/mol. The van der Waals surface area contributed by atoms with E-state index in [1.54, 1.807) is 18.4 Å². The van der Waals surface area contributed by atoms with Gasteiger partial charge in [0.05, 0.1) is 6.61 Å². The second-order valence-corrected chi connectivity index (χ2v) is 5.24. The van der Waals surface area contributed by atoms with Crippen LogP contribution in [0.15, 0.2) is 21.7 Å². The number of carbonyl (C=O) groups is 1. The van der Waals surface area contributed by atoms with E-state index in [2.05, 4.69) is 4.74 Å². The number of hydrogen-bond acceptors (Lipinski definition) is 5. The van der Waals surface area contributed by atoms with Gasteiger partial charge >= 0.3 is 6.09 Å². The highest BCUT2D eigenvalue weighted by Crippen LogP contribution is 2.14. The maximum Gasteiger partial charge on any atom is 0.422 e. The number of carbonyl (C=O) groups excluding carboxylic acids is 1. The standard InChI is InChI=1S/C7H10N2O4S2/c1-2-13-7(10)8-9-15(11,12)6-4-3-5-14-6/h3-5,9H,2H2,1H3,(H,8,10). The Bertz CT molecular complexity index is 412. The van der Waals surface area contributed by atoms with Gasteiger partial charge in [0.25, 0.3) is 10.0 Å². The molecule has 0 aliphatic heterocycles. The van der Waals surface area contributed by atoms with Crippen molar-refractivity contribution in [3.63, 3.8) is 0 Å². The molecule has 0 radical (unpaired) electrons. The van der Waals surface area contributed by atoms with E-state index in [-0.39, 0.29) is 10.8 Å². The Kier molecular flexibility index (Phi) is 4.06. The summed E-state index contributed by atoms with van der Waals surface area (Å²) in [6.07, 6.45) is -0.836. The summed E-state index contributed by atoms with van der Waals surface area (Å²) >= 11 is 1.05. The van der Waals surface area contributed by atoms with E-state index in [4.69, 9.17) is 0 Å². The zero-order valence-electron chi connectivity index (χ0n) is 7.89. The van der Waals surface area contributed by atoms with Crippen molar-refractivity contribution in [2.24, 2.45) is 0 Å². The molecule has 84 valence electrons. The lowest BCUT2D eigenvalue weighted by molar-refractivity contribution is 0.150. The molecule has 1 rings (SSSR count). The molecular weight excluding hydrogens is 240 g/mol. The van der Waals surface area contributed by atoms with Gasteiger partial charge in [0, 0.05) is 0 Å². The van der Waals surface area contributed by atoms with Gasteiger partial charge in [-0.25, -0.2) is 18.6 Å². The van der Waals surface area contributed by atoms with Crippen LogP contribution in [0.25, 0.3) is 0 Å². The van der Waals surface area contributed by atoms with E-state index in [1.807, 2.05) is 10.3 Å². The number of hydrogen-bond donors (Lipinski definition) is 2. The molecule has 0 fully saturated rings. The van der Waals surface area contributed by atoms with Gasteiger partial charge in [0.15, 0.2) is 0 Å². The Hall–Kier alpha value is -1.12. The average Bonchev–Trinajstić information content (AvgIpc) is 2.69. The van der Waals surface area contributed by atoms with Gasteiger partial charge in [-0.1, -0.05) is 6.07 Å². The molecule has 6 nitrogen and oxygen atoms in total. The van der Waals surface area contributed by atoms with Crippen LogP contribution in [0.4, 0.5) is 4.79 Å². The van der Waals surface area contributed by atoms with Crippen LogP contribution in [0.3, 0.4) is 0 Å². The summed E-state index contributed by atoms with van der Waals surface area (Å²) in [5.74, 6) is 0. The third-order valence-corrected chi connectivity index (χ3v) is 3.97.